The van der Waals surface area contributed by atoms with Crippen molar-refractivity contribution in [3.05, 3.63) is 53.2 Å². The highest BCUT2D eigenvalue weighted by Crippen LogP contribution is 2.25. The molecule has 0 fully saturated rings. The summed E-state index contributed by atoms with van der Waals surface area (Å²) in [5.74, 6) is -2.59. The van der Waals surface area contributed by atoms with E-state index in [1.807, 2.05) is 0 Å². The van der Waals surface area contributed by atoms with E-state index in [0.29, 0.717) is 0 Å². The molecular formula is C13H9F2NO2. The number of aromatic nitrogens is 1. The Kier molecular flexibility index (Phi) is 3.06. The minimum Gasteiger partial charge on any atom is -0.478 e. The van der Waals surface area contributed by atoms with Gasteiger partial charge in [0.1, 0.15) is 11.6 Å². The van der Waals surface area contributed by atoms with Crippen molar-refractivity contribution in [1.82, 2.24) is 4.98 Å². The second-order valence-corrected chi connectivity index (χ2v) is 3.73. The van der Waals surface area contributed by atoms with Gasteiger partial charge in [0.15, 0.2) is 0 Å². The lowest BCUT2D eigenvalue weighted by molar-refractivity contribution is 0.0695. The molecule has 1 N–H and O–H groups in total. The van der Waals surface area contributed by atoms with Gasteiger partial charge in [0, 0.05) is 0 Å². The Bertz CT molecular complexity index is 606. The largest absolute Gasteiger partial charge is 0.478 e. The zero-order chi connectivity index (χ0) is 13.3. The van der Waals surface area contributed by atoms with Crippen LogP contribution in [0.1, 0.15) is 16.1 Å². The highest BCUT2D eigenvalue weighted by Gasteiger charge is 2.15. The lowest BCUT2D eigenvalue weighted by Crippen LogP contribution is -2.03. The topological polar surface area (TPSA) is 50.2 Å². The van der Waals surface area contributed by atoms with Crippen molar-refractivity contribution in [3.63, 3.8) is 0 Å². The molecule has 0 aliphatic heterocycles. The molecule has 0 amide bonds. The highest BCUT2D eigenvalue weighted by atomic mass is 19.1. The maximum absolute atomic E-state index is 13.5. The lowest BCUT2D eigenvalue weighted by Gasteiger charge is -2.06. The van der Waals surface area contributed by atoms with Gasteiger partial charge in [-0.3, -0.25) is 4.98 Å². The van der Waals surface area contributed by atoms with Crippen molar-refractivity contribution in [1.29, 1.82) is 0 Å². The standard InChI is InChI=1S/C13H9F2NO2/c1-7-8(13(17)18)5-6-11(16-7)12-9(14)3-2-4-10(12)15/h2-6H,1H3,(H,17,18). The van der Waals surface area contributed by atoms with Crippen LogP contribution >= 0.6 is 0 Å². The van der Waals surface area contributed by atoms with Gasteiger partial charge in [-0.05, 0) is 31.2 Å². The van der Waals surface area contributed by atoms with E-state index < -0.39 is 17.6 Å². The minimum atomic E-state index is -1.12. The van der Waals surface area contributed by atoms with Gasteiger partial charge < -0.3 is 5.11 Å². The van der Waals surface area contributed by atoms with Crippen LogP contribution in [0, 0.1) is 18.6 Å². The fraction of sp³-hybridized carbons (Fsp3) is 0.0769. The molecule has 92 valence electrons. The SMILES string of the molecule is Cc1nc(-c2c(F)cccc2F)ccc1C(=O)O. The molecule has 0 saturated heterocycles. The Labute approximate surface area is 102 Å². The summed E-state index contributed by atoms with van der Waals surface area (Å²) in [6.45, 7) is 1.48. The van der Waals surface area contributed by atoms with Gasteiger partial charge in [-0.2, -0.15) is 0 Å². The molecule has 18 heavy (non-hydrogen) atoms. The van der Waals surface area contributed by atoms with Crippen LogP contribution in [0.5, 0.6) is 0 Å². The van der Waals surface area contributed by atoms with Crippen molar-refractivity contribution in [2.24, 2.45) is 0 Å². The summed E-state index contributed by atoms with van der Waals surface area (Å²) in [6, 6.07) is 6.08. The molecule has 1 aromatic heterocycles. The van der Waals surface area contributed by atoms with Gasteiger partial charge in [-0.1, -0.05) is 6.07 Å². The molecule has 0 aliphatic rings. The first-order valence-corrected chi connectivity index (χ1v) is 5.16. The number of benzene rings is 1. The molecule has 0 atom stereocenters. The molecule has 0 radical (unpaired) electrons. The number of hydrogen-bond acceptors (Lipinski definition) is 2. The predicted molar refractivity (Wildman–Crippen MR) is 61.3 cm³/mol. The molecule has 2 rings (SSSR count). The first kappa shape index (κ1) is 12.2. The number of pyridine rings is 1. The Morgan fingerprint density at radius 1 is 1.17 bits per heavy atom. The third-order valence-corrected chi connectivity index (χ3v) is 2.54. The Balaban J connectivity index is 2.59. The number of nitrogens with zero attached hydrogens (tertiary/aromatic N) is 1. The van der Waals surface area contributed by atoms with Crippen LogP contribution in [0.15, 0.2) is 30.3 Å². The summed E-state index contributed by atoms with van der Waals surface area (Å²) in [6.07, 6.45) is 0. The van der Waals surface area contributed by atoms with Crippen LogP contribution in [-0.4, -0.2) is 16.1 Å². The van der Waals surface area contributed by atoms with Gasteiger partial charge in [0.05, 0.1) is 22.5 Å². The monoisotopic (exact) mass is 249 g/mol. The van der Waals surface area contributed by atoms with Crippen LogP contribution in [-0.2, 0) is 0 Å². The summed E-state index contributed by atoms with van der Waals surface area (Å²) in [5.41, 5.74) is 0.0452. The van der Waals surface area contributed by atoms with Gasteiger partial charge in [-0.25, -0.2) is 13.6 Å². The van der Waals surface area contributed by atoms with Crippen LogP contribution < -0.4 is 0 Å². The maximum Gasteiger partial charge on any atom is 0.337 e. The van der Waals surface area contributed by atoms with E-state index in [0.717, 1.165) is 12.1 Å². The third-order valence-electron chi connectivity index (χ3n) is 2.54. The van der Waals surface area contributed by atoms with E-state index in [1.165, 1.54) is 25.1 Å². The van der Waals surface area contributed by atoms with E-state index in [1.54, 1.807) is 0 Å². The molecule has 0 bridgehead atoms. The zero-order valence-corrected chi connectivity index (χ0v) is 9.45. The highest BCUT2D eigenvalue weighted by molar-refractivity contribution is 5.89. The summed E-state index contributed by atoms with van der Waals surface area (Å²) < 4.78 is 27.1. The number of carboxylic acids is 1. The molecule has 0 unspecified atom stereocenters. The average Bonchev–Trinajstić information content (AvgIpc) is 2.28. The van der Waals surface area contributed by atoms with E-state index in [4.69, 9.17) is 5.11 Å². The minimum absolute atomic E-state index is 0.00972. The van der Waals surface area contributed by atoms with Crippen molar-refractivity contribution in [2.75, 3.05) is 0 Å². The van der Waals surface area contributed by atoms with Gasteiger partial charge in [-0.15, -0.1) is 0 Å². The smallest absolute Gasteiger partial charge is 0.337 e. The van der Waals surface area contributed by atoms with Crippen LogP contribution in [0.4, 0.5) is 8.78 Å². The number of aryl methyl sites for hydroxylation is 1. The number of halogens is 2. The van der Waals surface area contributed by atoms with E-state index in [9.17, 15) is 13.6 Å². The molecule has 0 spiro atoms. The van der Waals surface area contributed by atoms with Crippen molar-refractivity contribution in [3.8, 4) is 11.3 Å². The van der Waals surface area contributed by atoms with Gasteiger partial charge in [0.25, 0.3) is 0 Å². The van der Waals surface area contributed by atoms with Crippen LogP contribution in [0.2, 0.25) is 0 Å². The number of carboxylic acid groups (broad SMARTS) is 1. The maximum atomic E-state index is 13.5. The average molecular weight is 249 g/mol. The quantitative estimate of drug-likeness (QED) is 0.889. The van der Waals surface area contributed by atoms with Crippen molar-refractivity contribution in [2.45, 2.75) is 6.92 Å². The number of aromatic carboxylic acids is 1. The lowest BCUT2D eigenvalue weighted by atomic mass is 10.1. The molecule has 3 nitrogen and oxygen atoms in total. The van der Waals surface area contributed by atoms with Crippen molar-refractivity contribution < 1.29 is 18.7 Å². The predicted octanol–water partition coefficient (Wildman–Crippen LogP) is 3.03. The second kappa shape index (κ2) is 4.52. The Morgan fingerprint density at radius 3 is 2.28 bits per heavy atom. The zero-order valence-electron chi connectivity index (χ0n) is 9.45. The normalized spacial score (nSPS) is 10.4. The molecule has 1 heterocycles. The first-order valence-electron chi connectivity index (χ1n) is 5.16. The number of hydrogen-bond donors (Lipinski definition) is 1. The first-order chi connectivity index (χ1) is 8.50. The van der Waals surface area contributed by atoms with E-state index in [-0.39, 0.29) is 22.5 Å². The van der Waals surface area contributed by atoms with E-state index in [2.05, 4.69) is 4.98 Å². The fourth-order valence-corrected chi connectivity index (χ4v) is 1.67. The molecule has 1 aromatic carbocycles. The van der Waals surface area contributed by atoms with Crippen LogP contribution in [0.3, 0.4) is 0 Å². The third kappa shape index (κ3) is 2.07. The molecule has 0 aliphatic carbocycles. The Morgan fingerprint density at radius 2 is 1.78 bits per heavy atom. The second-order valence-electron chi connectivity index (χ2n) is 3.73. The van der Waals surface area contributed by atoms with Crippen LogP contribution in [0.25, 0.3) is 11.3 Å². The number of rotatable bonds is 2. The van der Waals surface area contributed by atoms with E-state index >= 15 is 0 Å². The summed E-state index contributed by atoms with van der Waals surface area (Å²) in [4.78, 5) is 14.7. The Hall–Kier alpha value is -2.30. The van der Waals surface area contributed by atoms with Crippen molar-refractivity contribution >= 4 is 5.97 Å². The number of carbonyl (C=O) groups is 1. The molecule has 2 aromatic rings. The summed E-state index contributed by atoms with van der Waals surface area (Å²) >= 11 is 0. The summed E-state index contributed by atoms with van der Waals surface area (Å²) in [5, 5.41) is 8.85. The molecular weight excluding hydrogens is 240 g/mol. The molecule has 5 heteroatoms. The van der Waals surface area contributed by atoms with Gasteiger partial charge >= 0.3 is 5.97 Å². The fourth-order valence-electron chi connectivity index (χ4n) is 1.67. The van der Waals surface area contributed by atoms with Gasteiger partial charge in [0.2, 0.25) is 0 Å². The summed E-state index contributed by atoms with van der Waals surface area (Å²) in [7, 11) is 0. The molecule has 0 saturated carbocycles.